The van der Waals surface area contributed by atoms with Crippen molar-refractivity contribution in [3.05, 3.63) is 46.1 Å². The molecule has 1 heterocycles. The molecule has 0 bridgehead atoms. The van der Waals surface area contributed by atoms with Crippen molar-refractivity contribution >= 4 is 15.9 Å². The molecule has 0 amide bonds. The van der Waals surface area contributed by atoms with Crippen molar-refractivity contribution in [1.29, 1.82) is 0 Å². The number of benzene rings is 1. The van der Waals surface area contributed by atoms with E-state index in [-0.39, 0.29) is 6.04 Å². The summed E-state index contributed by atoms with van der Waals surface area (Å²) in [5, 5.41) is 0. The van der Waals surface area contributed by atoms with E-state index in [0.29, 0.717) is 0 Å². The highest BCUT2D eigenvalue weighted by Crippen LogP contribution is 2.39. The zero-order valence-corrected chi connectivity index (χ0v) is 10.3. The lowest BCUT2D eigenvalue weighted by molar-refractivity contribution is 0.580. The Bertz CT molecular complexity index is 532. The van der Waals surface area contributed by atoms with Crippen molar-refractivity contribution in [2.45, 2.75) is 18.9 Å². The van der Waals surface area contributed by atoms with E-state index in [1.54, 1.807) is 6.26 Å². The third-order valence-corrected chi connectivity index (χ3v) is 3.80. The molecule has 2 nitrogen and oxygen atoms in total. The summed E-state index contributed by atoms with van der Waals surface area (Å²) >= 11 is 3.50. The maximum absolute atomic E-state index is 6.06. The first-order valence-electron chi connectivity index (χ1n) is 5.38. The van der Waals surface area contributed by atoms with Crippen molar-refractivity contribution in [1.82, 2.24) is 0 Å². The van der Waals surface area contributed by atoms with E-state index in [1.807, 2.05) is 12.1 Å². The minimum Gasteiger partial charge on any atom is -0.463 e. The molecule has 0 saturated heterocycles. The molecular weight excluding hydrogens is 266 g/mol. The van der Waals surface area contributed by atoms with Gasteiger partial charge in [-0.25, -0.2) is 0 Å². The summed E-state index contributed by atoms with van der Waals surface area (Å²) in [7, 11) is 0. The van der Waals surface area contributed by atoms with E-state index in [2.05, 4.69) is 28.1 Å². The van der Waals surface area contributed by atoms with Gasteiger partial charge in [-0.3, -0.25) is 0 Å². The van der Waals surface area contributed by atoms with Crippen LogP contribution in [0.3, 0.4) is 0 Å². The van der Waals surface area contributed by atoms with Crippen molar-refractivity contribution in [3.8, 4) is 11.3 Å². The number of hydrogen-bond acceptors (Lipinski definition) is 2. The van der Waals surface area contributed by atoms with E-state index < -0.39 is 0 Å². The maximum atomic E-state index is 6.06. The van der Waals surface area contributed by atoms with Gasteiger partial charge in [-0.15, -0.1) is 0 Å². The zero-order chi connectivity index (χ0) is 11.1. The smallest absolute Gasteiger partial charge is 0.148 e. The monoisotopic (exact) mass is 277 g/mol. The Morgan fingerprint density at radius 3 is 2.94 bits per heavy atom. The average molecular weight is 278 g/mol. The maximum Gasteiger partial charge on any atom is 0.148 e. The van der Waals surface area contributed by atoms with Crippen LogP contribution in [-0.2, 0) is 6.42 Å². The van der Waals surface area contributed by atoms with Gasteiger partial charge in [0.1, 0.15) is 5.76 Å². The van der Waals surface area contributed by atoms with Crippen LogP contribution in [0, 0.1) is 0 Å². The fourth-order valence-electron chi connectivity index (χ4n) is 2.39. The summed E-state index contributed by atoms with van der Waals surface area (Å²) in [5.74, 6) is 0.908. The molecule has 82 valence electrons. The number of fused-ring (bicyclic) bond motifs is 1. The Kier molecular flexibility index (Phi) is 2.37. The Morgan fingerprint density at radius 1 is 1.31 bits per heavy atom. The standard InChI is InChI=1S/C13H12BrNO/c14-11-6-7-16-13(11)10-3-1-2-9-8(10)4-5-12(9)15/h1-3,6-7,12H,4-5,15H2. The Morgan fingerprint density at radius 2 is 2.19 bits per heavy atom. The van der Waals surface area contributed by atoms with Gasteiger partial charge in [-0.2, -0.15) is 0 Å². The van der Waals surface area contributed by atoms with E-state index in [9.17, 15) is 0 Å². The lowest BCUT2D eigenvalue weighted by atomic mass is 10.0. The summed E-state index contributed by atoms with van der Waals surface area (Å²) in [4.78, 5) is 0. The van der Waals surface area contributed by atoms with Gasteiger partial charge in [0.15, 0.2) is 0 Å². The molecule has 1 atom stereocenters. The minimum atomic E-state index is 0.184. The van der Waals surface area contributed by atoms with E-state index in [4.69, 9.17) is 10.2 Å². The predicted octanol–water partition coefficient (Wildman–Crippen LogP) is 3.66. The van der Waals surface area contributed by atoms with Crippen LogP contribution in [0.1, 0.15) is 23.6 Å². The third-order valence-electron chi connectivity index (χ3n) is 3.18. The number of rotatable bonds is 1. The van der Waals surface area contributed by atoms with Crippen LogP contribution in [0.5, 0.6) is 0 Å². The molecule has 1 aliphatic carbocycles. The fourth-order valence-corrected chi connectivity index (χ4v) is 2.80. The Balaban J connectivity index is 2.20. The summed E-state index contributed by atoms with van der Waals surface area (Å²) in [5.41, 5.74) is 9.84. The largest absolute Gasteiger partial charge is 0.463 e. The molecule has 0 spiro atoms. The first kappa shape index (κ1) is 10.1. The van der Waals surface area contributed by atoms with Crippen LogP contribution in [0.25, 0.3) is 11.3 Å². The molecule has 0 fully saturated rings. The number of nitrogens with two attached hydrogens (primary N) is 1. The van der Waals surface area contributed by atoms with E-state index in [0.717, 1.165) is 23.1 Å². The van der Waals surface area contributed by atoms with Crippen LogP contribution < -0.4 is 5.73 Å². The van der Waals surface area contributed by atoms with Gasteiger partial charge in [0, 0.05) is 11.6 Å². The predicted molar refractivity (Wildman–Crippen MR) is 67.1 cm³/mol. The van der Waals surface area contributed by atoms with Gasteiger partial charge in [-0.05, 0) is 46.0 Å². The van der Waals surface area contributed by atoms with Crippen molar-refractivity contribution in [2.24, 2.45) is 5.73 Å². The molecule has 1 unspecified atom stereocenters. The van der Waals surface area contributed by atoms with Gasteiger partial charge in [-0.1, -0.05) is 18.2 Å². The third kappa shape index (κ3) is 1.43. The highest BCUT2D eigenvalue weighted by molar-refractivity contribution is 9.10. The van der Waals surface area contributed by atoms with Gasteiger partial charge in [0.2, 0.25) is 0 Å². The first-order chi connectivity index (χ1) is 7.77. The van der Waals surface area contributed by atoms with E-state index in [1.165, 1.54) is 16.7 Å². The van der Waals surface area contributed by atoms with Gasteiger partial charge in [0.05, 0.1) is 10.7 Å². The molecule has 0 radical (unpaired) electrons. The molecular formula is C13H12BrNO. The second kappa shape index (κ2) is 3.75. The van der Waals surface area contributed by atoms with Crippen LogP contribution >= 0.6 is 15.9 Å². The topological polar surface area (TPSA) is 39.2 Å². The first-order valence-corrected chi connectivity index (χ1v) is 6.17. The Labute approximate surface area is 103 Å². The van der Waals surface area contributed by atoms with Gasteiger partial charge in [0.25, 0.3) is 0 Å². The van der Waals surface area contributed by atoms with Crippen molar-refractivity contribution in [2.75, 3.05) is 0 Å². The summed E-state index contributed by atoms with van der Waals surface area (Å²) < 4.78 is 6.52. The van der Waals surface area contributed by atoms with Gasteiger partial charge >= 0.3 is 0 Å². The van der Waals surface area contributed by atoms with Crippen molar-refractivity contribution in [3.63, 3.8) is 0 Å². The quantitative estimate of drug-likeness (QED) is 0.864. The van der Waals surface area contributed by atoms with E-state index >= 15 is 0 Å². The number of halogens is 1. The molecule has 1 aromatic carbocycles. The molecule has 1 aromatic heterocycles. The molecule has 3 rings (SSSR count). The van der Waals surface area contributed by atoms with Crippen LogP contribution in [0.4, 0.5) is 0 Å². The highest BCUT2D eigenvalue weighted by Gasteiger charge is 2.23. The molecule has 3 heteroatoms. The summed E-state index contributed by atoms with van der Waals surface area (Å²) in [6, 6.07) is 8.37. The second-order valence-electron chi connectivity index (χ2n) is 4.12. The van der Waals surface area contributed by atoms with Crippen LogP contribution in [0.15, 0.2) is 39.4 Å². The molecule has 1 aliphatic rings. The lowest BCUT2D eigenvalue weighted by Crippen LogP contribution is -2.04. The number of hydrogen-bond donors (Lipinski definition) is 1. The zero-order valence-electron chi connectivity index (χ0n) is 8.74. The lowest BCUT2D eigenvalue weighted by Gasteiger charge is -2.08. The van der Waals surface area contributed by atoms with Crippen molar-refractivity contribution < 1.29 is 4.42 Å². The molecule has 16 heavy (non-hydrogen) atoms. The average Bonchev–Trinajstić information content (AvgIpc) is 2.86. The summed E-state index contributed by atoms with van der Waals surface area (Å²) in [6.07, 6.45) is 3.78. The van der Waals surface area contributed by atoms with Crippen LogP contribution in [-0.4, -0.2) is 0 Å². The van der Waals surface area contributed by atoms with Gasteiger partial charge < -0.3 is 10.2 Å². The fraction of sp³-hybridized carbons (Fsp3) is 0.231. The molecule has 2 aromatic rings. The highest BCUT2D eigenvalue weighted by atomic mass is 79.9. The second-order valence-corrected chi connectivity index (χ2v) is 4.97. The molecule has 0 aliphatic heterocycles. The SMILES string of the molecule is NC1CCc2c(-c3occc3Br)cccc21. The minimum absolute atomic E-state index is 0.184. The molecule has 0 saturated carbocycles. The molecule has 2 N–H and O–H groups in total. The summed E-state index contributed by atoms with van der Waals surface area (Å²) in [6.45, 7) is 0. The Hall–Kier alpha value is -1.06. The number of furan rings is 1. The van der Waals surface area contributed by atoms with Crippen LogP contribution in [0.2, 0.25) is 0 Å². The normalized spacial score (nSPS) is 18.8.